The Bertz CT molecular complexity index is 642. The Labute approximate surface area is 154 Å². The topological polar surface area (TPSA) is 72.4 Å². The van der Waals surface area contributed by atoms with Gasteiger partial charge in [-0.3, -0.25) is 10.1 Å². The van der Waals surface area contributed by atoms with Crippen LogP contribution in [0.5, 0.6) is 11.5 Å². The number of piperidine rings is 1. The molecule has 3 rings (SSSR count). The summed E-state index contributed by atoms with van der Waals surface area (Å²) in [4.78, 5) is 19.4. The van der Waals surface area contributed by atoms with Crippen LogP contribution in [0.1, 0.15) is 43.0 Å². The molecule has 1 aromatic rings. The number of carbonyl (C=O) groups is 1. The lowest BCUT2D eigenvalue weighted by atomic mass is 10.1. The number of nitrogens with one attached hydrogen (secondary N) is 1. The van der Waals surface area contributed by atoms with Gasteiger partial charge in [0, 0.05) is 12.1 Å². The first kappa shape index (κ1) is 18.5. The van der Waals surface area contributed by atoms with Crippen LogP contribution in [0.25, 0.3) is 0 Å². The Morgan fingerprint density at radius 1 is 1.23 bits per heavy atom. The van der Waals surface area contributed by atoms with Gasteiger partial charge in [0.05, 0.1) is 13.2 Å². The third-order valence-corrected chi connectivity index (χ3v) is 4.42. The molecule has 0 aliphatic carbocycles. The lowest BCUT2D eigenvalue weighted by molar-refractivity contribution is 0.0964. The van der Waals surface area contributed by atoms with Gasteiger partial charge in [-0.2, -0.15) is 0 Å². The van der Waals surface area contributed by atoms with Crippen LogP contribution in [0.15, 0.2) is 23.2 Å². The van der Waals surface area contributed by atoms with E-state index in [9.17, 15) is 4.79 Å². The highest BCUT2D eigenvalue weighted by Gasteiger charge is 2.17. The second-order valence-corrected chi connectivity index (χ2v) is 6.46. The predicted molar refractivity (Wildman–Crippen MR) is 98.9 cm³/mol. The summed E-state index contributed by atoms with van der Waals surface area (Å²) in [6.07, 6.45) is 4.68. The fourth-order valence-corrected chi connectivity index (χ4v) is 3.00. The summed E-state index contributed by atoms with van der Waals surface area (Å²) < 4.78 is 16.2. The summed E-state index contributed by atoms with van der Waals surface area (Å²) >= 11 is 0. The minimum atomic E-state index is -0.267. The zero-order chi connectivity index (χ0) is 18.2. The molecule has 0 saturated carbocycles. The largest absolute Gasteiger partial charge is 0.465 e. The van der Waals surface area contributed by atoms with Crippen molar-refractivity contribution in [2.45, 2.75) is 32.6 Å². The number of ether oxygens (including phenoxy) is 3. The predicted octanol–water partition coefficient (Wildman–Crippen LogP) is 2.41. The monoisotopic (exact) mass is 361 g/mol. The zero-order valence-electron chi connectivity index (χ0n) is 15.3. The molecule has 2 heterocycles. The van der Waals surface area contributed by atoms with Crippen LogP contribution in [-0.4, -0.2) is 56.4 Å². The number of nitrogens with zero attached hydrogens (tertiary/aromatic N) is 2. The number of amidine groups is 1. The molecule has 1 saturated heterocycles. The molecule has 2 aliphatic heterocycles. The van der Waals surface area contributed by atoms with Crippen LogP contribution in [0.4, 0.5) is 0 Å². The highest BCUT2D eigenvalue weighted by molar-refractivity contribution is 6.04. The maximum atomic E-state index is 12.5. The van der Waals surface area contributed by atoms with Crippen molar-refractivity contribution in [1.82, 2.24) is 10.2 Å². The maximum Gasteiger partial charge on any atom is 0.291 e. The highest BCUT2D eigenvalue weighted by Crippen LogP contribution is 2.32. The number of hydrogen-bond donors (Lipinski definition) is 1. The lowest BCUT2D eigenvalue weighted by Gasteiger charge is -2.25. The third kappa shape index (κ3) is 5.11. The zero-order valence-corrected chi connectivity index (χ0v) is 15.3. The van der Waals surface area contributed by atoms with Crippen LogP contribution in [-0.2, 0) is 4.74 Å². The van der Waals surface area contributed by atoms with E-state index in [1.54, 1.807) is 18.2 Å². The SMILES string of the molecule is CCCOC(=NCCN1CCCCC1)NC(=O)c1ccc2c(c1)OCO2. The fourth-order valence-electron chi connectivity index (χ4n) is 3.00. The van der Waals surface area contributed by atoms with Gasteiger partial charge >= 0.3 is 0 Å². The number of rotatable bonds is 6. The lowest BCUT2D eigenvalue weighted by Crippen LogP contribution is -2.35. The molecular weight excluding hydrogens is 334 g/mol. The average Bonchev–Trinajstić information content (AvgIpc) is 3.14. The van der Waals surface area contributed by atoms with Crippen molar-refractivity contribution >= 4 is 11.9 Å². The molecule has 1 aromatic carbocycles. The Morgan fingerprint density at radius 3 is 2.85 bits per heavy atom. The van der Waals surface area contributed by atoms with Gasteiger partial charge in [-0.15, -0.1) is 0 Å². The minimum Gasteiger partial charge on any atom is -0.465 e. The van der Waals surface area contributed by atoms with Gasteiger partial charge < -0.3 is 19.1 Å². The molecule has 0 radical (unpaired) electrons. The maximum absolute atomic E-state index is 12.5. The summed E-state index contributed by atoms with van der Waals surface area (Å²) in [5, 5.41) is 2.77. The molecule has 0 atom stereocenters. The van der Waals surface area contributed by atoms with Crippen LogP contribution in [0.3, 0.4) is 0 Å². The summed E-state index contributed by atoms with van der Waals surface area (Å²) in [7, 11) is 0. The number of benzene rings is 1. The minimum absolute atomic E-state index is 0.184. The van der Waals surface area contributed by atoms with Gasteiger partial charge in [0.1, 0.15) is 0 Å². The Morgan fingerprint density at radius 2 is 2.04 bits per heavy atom. The van der Waals surface area contributed by atoms with Gasteiger partial charge in [0.2, 0.25) is 6.79 Å². The number of fused-ring (bicyclic) bond motifs is 1. The molecule has 0 spiro atoms. The molecular formula is C19H27N3O4. The first-order valence-electron chi connectivity index (χ1n) is 9.37. The molecule has 0 aromatic heterocycles. The van der Waals surface area contributed by atoms with Gasteiger partial charge in [-0.05, 0) is 50.6 Å². The molecule has 142 valence electrons. The van der Waals surface area contributed by atoms with E-state index in [-0.39, 0.29) is 18.7 Å². The smallest absolute Gasteiger partial charge is 0.291 e. The van der Waals surface area contributed by atoms with E-state index in [2.05, 4.69) is 15.2 Å². The molecule has 1 N–H and O–H groups in total. The number of carbonyl (C=O) groups excluding carboxylic acids is 1. The van der Waals surface area contributed by atoms with E-state index in [0.29, 0.717) is 30.2 Å². The Kier molecular flexibility index (Phi) is 6.71. The molecule has 7 heteroatoms. The van der Waals surface area contributed by atoms with Crippen molar-refractivity contribution in [3.05, 3.63) is 23.8 Å². The second kappa shape index (κ2) is 9.43. The number of hydrogen-bond acceptors (Lipinski definition) is 6. The Hall–Kier alpha value is -2.28. The quantitative estimate of drug-likeness (QED) is 0.622. The van der Waals surface area contributed by atoms with Crippen LogP contribution < -0.4 is 14.8 Å². The molecule has 1 fully saturated rings. The van der Waals surface area contributed by atoms with Crippen molar-refractivity contribution in [3.8, 4) is 11.5 Å². The van der Waals surface area contributed by atoms with Crippen LogP contribution in [0, 0.1) is 0 Å². The van der Waals surface area contributed by atoms with Crippen molar-refractivity contribution in [1.29, 1.82) is 0 Å². The first-order valence-corrected chi connectivity index (χ1v) is 9.37. The van der Waals surface area contributed by atoms with Gasteiger partial charge in [0.25, 0.3) is 11.9 Å². The third-order valence-electron chi connectivity index (χ3n) is 4.42. The average molecular weight is 361 g/mol. The summed E-state index contributed by atoms with van der Waals surface area (Å²) in [6, 6.07) is 5.39. The van der Waals surface area contributed by atoms with Gasteiger partial charge in [0.15, 0.2) is 11.5 Å². The van der Waals surface area contributed by atoms with E-state index >= 15 is 0 Å². The van der Waals surface area contributed by atoms with E-state index in [1.165, 1.54) is 19.3 Å². The number of likely N-dealkylation sites (tertiary alicyclic amines) is 1. The second-order valence-electron chi connectivity index (χ2n) is 6.46. The van der Waals surface area contributed by atoms with E-state index in [1.807, 2.05) is 6.92 Å². The van der Waals surface area contributed by atoms with Crippen LogP contribution in [0.2, 0.25) is 0 Å². The first-order chi connectivity index (χ1) is 12.8. The van der Waals surface area contributed by atoms with E-state index < -0.39 is 0 Å². The molecule has 0 bridgehead atoms. The molecule has 2 aliphatic rings. The van der Waals surface area contributed by atoms with Crippen molar-refractivity contribution in [2.75, 3.05) is 39.6 Å². The fraction of sp³-hybridized carbons (Fsp3) is 0.579. The molecule has 26 heavy (non-hydrogen) atoms. The van der Waals surface area contributed by atoms with E-state index in [4.69, 9.17) is 14.2 Å². The van der Waals surface area contributed by atoms with E-state index in [0.717, 1.165) is 26.1 Å². The molecule has 7 nitrogen and oxygen atoms in total. The standard InChI is InChI=1S/C19H27N3O4/c1-2-12-24-19(20-8-11-22-9-4-3-5-10-22)21-18(23)15-6-7-16-17(13-15)26-14-25-16/h6-7,13H,2-5,8-12,14H2,1H3,(H,20,21,23). The Balaban J connectivity index is 1.57. The number of amides is 1. The van der Waals surface area contributed by atoms with Crippen molar-refractivity contribution in [3.63, 3.8) is 0 Å². The molecule has 1 amide bonds. The van der Waals surface area contributed by atoms with Crippen molar-refractivity contribution < 1.29 is 19.0 Å². The molecule has 0 unspecified atom stereocenters. The van der Waals surface area contributed by atoms with Crippen molar-refractivity contribution in [2.24, 2.45) is 4.99 Å². The van der Waals surface area contributed by atoms with Gasteiger partial charge in [-0.25, -0.2) is 4.99 Å². The summed E-state index contributed by atoms with van der Waals surface area (Å²) in [6.45, 7) is 6.48. The highest BCUT2D eigenvalue weighted by atomic mass is 16.7. The van der Waals surface area contributed by atoms with Gasteiger partial charge in [-0.1, -0.05) is 13.3 Å². The summed E-state index contributed by atoms with van der Waals surface area (Å²) in [5.74, 6) is 0.964. The summed E-state index contributed by atoms with van der Waals surface area (Å²) in [5.41, 5.74) is 0.484. The number of aliphatic imine (C=N–C) groups is 1. The van der Waals surface area contributed by atoms with Crippen LogP contribution >= 0.6 is 0 Å². The normalized spacial score (nSPS) is 17.2.